The molecule has 2 aromatic rings. The first-order valence-corrected chi connectivity index (χ1v) is 8.47. The zero-order valence-electron chi connectivity index (χ0n) is 12.4. The lowest BCUT2D eigenvalue weighted by atomic mass is 10.2. The predicted octanol–water partition coefficient (Wildman–Crippen LogP) is 4.64. The van der Waals surface area contributed by atoms with Crippen LogP contribution in [0.4, 0.5) is 0 Å². The lowest BCUT2D eigenvalue weighted by Gasteiger charge is -2.14. The molecule has 0 aliphatic carbocycles. The van der Waals surface area contributed by atoms with Crippen molar-refractivity contribution >= 4 is 40.3 Å². The first-order valence-electron chi connectivity index (χ1n) is 7.25. The van der Waals surface area contributed by atoms with Crippen LogP contribution >= 0.6 is 24.0 Å². The van der Waals surface area contributed by atoms with Gasteiger partial charge in [-0.2, -0.15) is 0 Å². The molecule has 2 aromatic carbocycles. The second-order valence-electron chi connectivity index (χ2n) is 5.05. The van der Waals surface area contributed by atoms with E-state index in [1.54, 1.807) is 4.90 Å². The molecule has 0 radical (unpaired) electrons. The summed E-state index contributed by atoms with van der Waals surface area (Å²) >= 11 is 6.69. The minimum atomic E-state index is -0.0263. The number of rotatable bonds is 4. The van der Waals surface area contributed by atoms with Gasteiger partial charge in [-0.05, 0) is 17.2 Å². The maximum absolute atomic E-state index is 12.5. The third kappa shape index (κ3) is 3.97. The highest BCUT2D eigenvalue weighted by Crippen LogP contribution is 2.32. The van der Waals surface area contributed by atoms with E-state index in [-0.39, 0.29) is 5.91 Å². The van der Waals surface area contributed by atoms with Crippen molar-refractivity contribution in [1.82, 2.24) is 4.90 Å². The van der Waals surface area contributed by atoms with Gasteiger partial charge in [-0.1, -0.05) is 96.8 Å². The Morgan fingerprint density at radius 2 is 1.65 bits per heavy atom. The molecule has 114 valence electrons. The van der Waals surface area contributed by atoms with Gasteiger partial charge in [0.25, 0.3) is 5.91 Å². The fraction of sp³-hybridized carbons (Fsp3) is 0.0526. The fourth-order valence-corrected chi connectivity index (χ4v) is 3.43. The number of hydrogen-bond acceptors (Lipinski definition) is 3. The quantitative estimate of drug-likeness (QED) is 0.598. The molecule has 1 amide bonds. The summed E-state index contributed by atoms with van der Waals surface area (Å²) in [6.07, 6.45) is 5.70. The number of hydrogen-bond donors (Lipinski definition) is 0. The van der Waals surface area contributed by atoms with E-state index in [1.165, 1.54) is 11.8 Å². The fourth-order valence-electron chi connectivity index (χ4n) is 2.23. The summed E-state index contributed by atoms with van der Waals surface area (Å²) in [6.45, 7) is 0.519. The Morgan fingerprint density at radius 3 is 2.35 bits per heavy atom. The van der Waals surface area contributed by atoms with Gasteiger partial charge in [0.2, 0.25) is 0 Å². The summed E-state index contributed by atoms with van der Waals surface area (Å²) in [7, 11) is 0. The molecule has 1 saturated heterocycles. The van der Waals surface area contributed by atoms with Crippen LogP contribution in [-0.2, 0) is 11.3 Å². The van der Waals surface area contributed by atoms with Crippen LogP contribution in [0.25, 0.3) is 6.08 Å². The van der Waals surface area contributed by atoms with Gasteiger partial charge in [-0.3, -0.25) is 9.69 Å². The second kappa shape index (κ2) is 7.40. The van der Waals surface area contributed by atoms with E-state index in [4.69, 9.17) is 12.2 Å². The van der Waals surface area contributed by atoms with E-state index in [9.17, 15) is 4.79 Å². The first-order chi connectivity index (χ1) is 11.2. The minimum Gasteiger partial charge on any atom is -0.288 e. The summed E-state index contributed by atoms with van der Waals surface area (Å²) < 4.78 is 0.609. The van der Waals surface area contributed by atoms with Crippen molar-refractivity contribution < 1.29 is 4.79 Å². The van der Waals surface area contributed by atoms with Crippen LogP contribution in [-0.4, -0.2) is 15.1 Å². The van der Waals surface area contributed by atoms with Crippen LogP contribution in [0.15, 0.2) is 77.7 Å². The molecule has 0 spiro atoms. The van der Waals surface area contributed by atoms with Gasteiger partial charge in [0.15, 0.2) is 0 Å². The smallest absolute Gasteiger partial charge is 0.266 e. The Balaban J connectivity index is 1.71. The number of allylic oxidation sites excluding steroid dienone is 2. The zero-order chi connectivity index (χ0) is 16.1. The summed E-state index contributed by atoms with van der Waals surface area (Å²) in [6, 6.07) is 19.9. The molecule has 0 atom stereocenters. The lowest BCUT2D eigenvalue weighted by molar-refractivity contribution is -0.122. The van der Waals surface area contributed by atoms with Gasteiger partial charge >= 0.3 is 0 Å². The van der Waals surface area contributed by atoms with Gasteiger partial charge < -0.3 is 0 Å². The van der Waals surface area contributed by atoms with Crippen molar-refractivity contribution in [2.24, 2.45) is 0 Å². The number of nitrogens with zero attached hydrogens (tertiary/aromatic N) is 1. The van der Waals surface area contributed by atoms with E-state index in [1.807, 2.05) is 78.9 Å². The molecule has 0 N–H and O–H groups in total. The molecule has 0 bridgehead atoms. The largest absolute Gasteiger partial charge is 0.288 e. The minimum absolute atomic E-state index is 0.0263. The van der Waals surface area contributed by atoms with Crippen molar-refractivity contribution in [3.8, 4) is 0 Å². The Morgan fingerprint density at radius 1 is 1.00 bits per heavy atom. The number of thiocarbonyl (C=S) groups is 1. The molecule has 0 unspecified atom stereocenters. The molecule has 1 aliphatic rings. The van der Waals surface area contributed by atoms with E-state index in [2.05, 4.69) is 0 Å². The van der Waals surface area contributed by atoms with E-state index in [0.29, 0.717) is 15.8 Å². The van der Waals surface area contributed by atoms with Crippen LogP contribution in [0.2, 0.25) is 0 Å². The maximum atomic E-state index is 12.5. The monoisotopic (exact) mass is 337 g/mol. The van der Waals surface area contributed by atoms with Crippen molar-refractivity contribution in [2.45, 2.75) is 6.54 Å². The third-order valence-corrected chi connectivity index (χ3v) is 4.79. The lowest BCUT2D eigenvalue weighted by Crippen LogP contribution is -2.27. The number of thioether (sulfide) groups is 1. The van der Waals surface area contributed by atoms with Gasteiger partial charge in [-0.15, -0.1) is 0 Å². The van der Waals surface area contributed by atoms with Crippen LogP contribution in [0, 0.1) is 0 Å². The SMILES string of the molecule is O=C1C(=CC=Cc2ccccc2)SC(=S)N1Cc1ccccc1. The molecular weight excluding hydrogens is 322 g/mol. The molecule has 23 heavy (non-hydrogen) atoms. The average molecular weight is 337 g/mol. The first kappa shape index (κ1) is 15.7. The van der Waals surface area contributed by atoms with Gasteiger partial charge in [0.1, 0.15) is 4.32 Å². The summed E-state index contributed by atoms with van der Waals surface area (Å²) in [5.74, 6) is -0.0263. The number of carbonyl (C=O) groups excluding carboxylic acids is 1. The molecule has 0 aromatic heterocycles. The zero-order valence-corrected chi connectivity index (χ0v) is 14.0. The predicted molar refractivity (Wildman–Crippen MR) is 101 cm³/mol. The highest BCUT2D eigenvalue weighted by atomic mass is 32.2. The summed E-state index contributed by atoms with van der Waals surface area (Å²) in [5.41, 5.74) is 2.17. The molecule has 0 saturated carbocycles. The molecule has 4 heteroatoms. The molecule has 1 heterocycles. The van der Waals surface area contributed by atoms with E-state index in [0.717, 1.165) is 11.1 Å². The Kier molecular flexibility index (Phi) is 5.05. The third-order valence-electron chi connectivity index (χ3n) is 3.39. The highest BCUT2D eigenvalue weighted by molar-refractivity contribution is 8.26. The summed E-state index contributed by atoms with van der Waals surface area (Å²) in [5, 5.41) is 0. The van der Waals surface area contributed by atoms with E-state index >= 15 is 0 Å². The normalized spacial score (nSPS) is 16.7. The Bertz CT molecular complexity index is 766. The molecular formula is C19H15NOS2. The second-order valence-corrected chi connectivity index (χ2v) is 6.72. The summed E-state index contributed by atoms with van der Waals surface area (Å²) in [4.78, 5) is 14.8. The average Bonchev–Trinajstić information content (AvgIpc) is 2.85. The topological polar surface area (TPSA) is 20.3 Å². The standard InChI is InChI=1S/C19H15NOS2/c21-18-17(13-7-12-15-8-3-1-4-9-15)23-19(22)20(18)14-16-10-5-2-6-11-16/h1-13H,14H2. The number of benzene rings is 2. The van der Waals surface area contributed by atoms with Crippen molar-refractivity contribution in [3.05, 3.63) is 88.8 Å². The Hall–Kier alpha value is -2.17. The van der Waals surface area contributed by atoms with Crippen LogP contribution in [0.1, 0.15) is 11.1 Å². The number of amides is 1. The molecule has 3 rings (SSSR count). The van der Waals surface area contributed by atoms with Gasteiger partial charge in [0.05, 0.1) is 11.4 Å². The molecule has 1 fully saturated rings. The van der Waals surface area contributed by atoms with Crippen molar-refractivity contribution in [2.75, 3.05) is 0 Å². The van der Waals surface area contributed by atoms with Gasteiger partial charge in [0, 0.05) is 0 Å². The van der Waals surface area contributed by atoms with Crippen LogP contribution in [0.3, 0.4) is 0 Å². The van der Waals surface area contributed by atoms with Crippen LogP contribution in [0.5, 0.6) is 0 Å². The molecule has 1 aliphatic heterocycles. The highest BCUT2D eigenvalue weighted by Gasteiger charge is 2.31. The van der Waals surface area contributed by atoms with Gasteiger partial charge in [-0.25, -0.2) is 0 Å². The van der Waals surface area contributed by atoms with E-state index < -0.39 is 0 Å². The van der Waals surface area contributed by atoms with Crippen molar-refractivity contribution in [3.63, 3.8) is 0 Å². The number of carbonyl (C=O) groups is 1. The van der Waals surface area contributed by atoms with Crippen molar-refractivity contribution in [1.29, 1.82) is 0 Å². The maximum Gasteiger partial charge on any atom is 0.266 e. The Labute approximate surface area is 145 Å². The van der Waals surface area contributed by atoms with Crippen LogP contribution < -0.4 is 0 Å². The molecule has 2 nitrogen and oxygen atoms in total.